The second-order valence-electron chi connectivity index (χ2n) is 6.91. The van der Waals surface area contributed by atoms with Crippen LogP contribution in [0.1, 0.15) is 27.4 Å². The second-order valence-corrected chi connectivity index (χ2v) is 7.93. The standard InChI is InChI=1S/C23H22N4O3S/c1-14-18(15(2)30-27-14)13-31-21-11-7-5-9-17(21)23(28)24-22-12-19(25-26-22)16-8-4-6-10-20(16)29-3/h4-12H,13H2,1-3H3,(H2,24,25,26,28). The fraction of sp³-hybridized carbons (Fsp3) is 0.174. The van der Waals surface area contributed by atoms with Crippen molar-refractivity contribution in [2.45, 2.75) is 24.5 Å². The van der Waals surface area contributed by atoms with Crippen molar-refractivity contribution in [3.63, 3.8) is 0 Å². The highest BCUT2D eigenvalue weighted by Gasteiger charge is 2.16. The van der Waals surface area contributed by atoms with Gasteiger partial charge in [0.2, 0.25) is 0 Å². The van der Waals surface area contributed by atoms with Gasteiger partial charge in [0.05, 0.1) is 24.1 Å². The predicted molar refractivity (Wildman–Crippen MR) is 121 cm³/mol. The zero-order valence-electron chi connectivity index (χ0n) is 17.4. The van der Waals surface area contributed by atoms with Crippen molar-refractivity contribution in [2.24, 2.45) is 0 Å². The van der Waals surface area contributed by atoms with E-state index < -0.39 is 0 Å². The van der Waals surface area contributed by atoms with E-state index in [1.165, 1.54) is 0 Å². The lowest BCUT2D eigenvalue weighted by Gasteiger charge is -2.08. The number of hydrogen-bond acceptors (Lipinski definition) is 6. The van der Waals surface area contributed by atoms with E-state index >= 15 is 0 Å². The molecule has 2 aromatic carbocycles. The van der Waals surface area contributed by atoms with E-state index in [-0.39, 0.29) is 5.91 Å². The molecule has 2 N–H and O–H groups in total. The van der Waals surface area contributed by atoms with E-state index in [1.54, 1.807) is 31.0 Å². The molecule has 1 amide bonds. The third-order valence-electron chi connectivity index (χ3n) is 4.90. The topological polar surface area (TPSA) is 93.0 Å². The van der Waals surface area contributed by atoms with E-state index in [0.717, 1.165) is 38.9 Å². The van der Waals surface area contributed by atoms with Crippen molar-refractivity contribution >= 4 is 23.5 Å². The lowest BCUT2D eigenvalue weighted by Crippen LogP contribution is -2.13. The number of nitrogens with one attached hydrogen (secondary N) is 2. The maximum Gasteiger partial charge on any atom is 0.257 e. The Morgan fingerprint density at radius 1 is 1.16 bits per heavy atom. The lowest BCUT2D eigenvalue weighted by atomic mass is 10.1. The molecule has 0 unspecified atom stereocenters. The number of amides is 1. The minimum atomic E-state index is -0.222. The number of anilines is 1. The summed E-state index contributed by atoms with van der Waals surface area (Å²) in [4.78, 5) is 13.8. The van der Waals surface area contributed by atoms with Crippen LogP contribution in [0.3, 0.4) is 0 Å². The molecule has 0 bridgehead atoms. The Bertz CT molecular complexity index is 1200. The molecule has 0 radical (unpaired) electrons. The van der Waals surface area contributed by atoms with Crippen molar-refractivity contribution < 1.29 is 14.1 Å². The minimum Gasteiger partial charge on any atom is -0.496 e. The number of aryl methyl sites for hydroxylation is 2. The average molecular weight is 435 g/mol. The largest absolute Gasteiger partial charge is 0.496 e. The van der Waals surface area contributed by atoms with E-state index in [2.05, 4.69) is 20.7 Å². The summed E-state index contributed by atoms with van der Waals surface area (Å²) in [5.74, 6) is 2.42. The van der Waals surface area contributed by atoms with Crippen LogP contribution < -0.4 is 10.1 Å². The molecule has 2 aromatic heterocycles. The van der Waals surface area contributed by atoms with Gasteiger partial charge in [0.15, 0.2) is 5.82 Å². The molecule has 0 aliphatic rings. The number of benzene rings is 2. The molecular formula is C23H22N4O3S. The predicted octanol–water partition coefficient (Wildman–Crippen LogP) is 5.23. The fourth-order valence-corrected chi connectivity index (χ4v) is 4.42. The van der Waals surface area contributed by atoms with Gasteiger partial charge in [-0.25, -0.2) is 0 Å². The average Bonchev–Trinajstić information content (AvgIpc) is 3.38. The maximum atomic E-state index is 13.0. The Labute approximate surface area is 184 Å². The summed E-state index contributed by atoms with van der Waals surface area (Å²) in [6, 6.07) is 16.9. The van der Waals surface area contributed by atoms with Gasteiger partial charge in [0.1, 0.15) is 11.5 Å². The summed E-state index contributed by atoms with van der Waals surface area (Å²) in [5.41, 5.74) is 4.13. The molecule has 0 fully saturated rings. The maximum absolute atomic E-state index is 13.0. The van der Waals surface area contributed by atoms with Crippen LogP contribution in [-0.2, 0) is 5.75 Å². The van der Waals surface area contributed by atoms with Gasteiger partial charge in [-0.1, -0.05) is 29.4 Å². The monoisotopic (exact) mass is 434 g/mol. The Hall–Kier alpha value is -3.52. The van der Waals surface area contributed by atoms with Crippen LogP contribution in [0, 0.1) is 13.8 Å². The Morgan fingerprint density at radius 2 is 1.94 bits per heavy atom. The number of H-pyrrole nitrogens is 1. The molecule has 2 heterocycles. The number of methoxy groups -OCH3 is 1. The van der Waals surface area contributed by atoms with Crippen LogP contribution in [0.5, 0.6) is 5.75 Å². The van der Waals surface area contributed by atoms with E-state index in [4.69, 9.17) is 9.26 Å². The molecule has 158 valence electrons. The summed E-state index contributed by atoms with van der Waals surface area (Å²) in [7, 11) is 1.62. The zero-order valence-corrected chi connectivity index (χ0v) is 18.2. The normalized spacial score (nSPS) is 10.8. The van der Waals surface area contributed by atoms with Crippen molar-refractivity contribution in [3.05, 3.63) is 77.2 Å². The summed E-state index contributed by atoms with van der Waals surface area (Å²) in [6.45, 7) is 3.81. The Kier molecular flexibility index (Phi) is 6.08. The molecule has 0 spiro atoms. The number of aromatic amines is 1. The van der Waals surface area contributed by atoms with Crippen molar-refractivity contribution in [1.29, 1.82) is 0 Å². The minimum absolute atomic E-state index is 0.222. The van der Waals surface area contributed by atoms with Crippen molar-refractivity contribution in [1.82, 2.24) is 15.4 Å². The van der Waals surface area contributed by atoms with Crippen LogP contribution >= 0.6 is 11.8 Å². The molecule has 0 saturated heterocycles. The van der Waals surface area contributed by atoms with Gasteiger partial charge in [0, 0.05) is 27.8 Å². The molecule has 0 saturated carbocycles. The first-order valence-electron chi connectivity index (χ1n) is 9.70. The Balaban J connectivity index is 1.50. The molecule has 4 aromatic rings. The van der Waals surface area contributed by atoms with Gasteiger partial charge < -0.3 is 14.6 Å². The summed E-state index contributed by atoms with van der Waals surface area (Å²) in [5, 5.41) is 14.1. The summed E-state index contributed by atoms with van der Waals surface area (Å²) >= 11 is 1.57. The van der Waals surface area contributed by atoms with E-state index in [0.29, 0.717) is 17.1 Å². The molecule has 0 atom stereocenters. The smallest absolute Gasteiger partial charge is 0.257 e. The molecular weight excluding hydrogens is 412 g/mol. The number of carbonyl (C=O) groups excluding carboxylic acids is 1. The third kappa shape index (κ3) is 4.49. The Morgan fingerprint density at radius 3 is 2.71 bits per heavy atom. The SMILES string of the molecule is COc1ccccc1-c1cc(NC(=O)c2ccccc2SCc2c(C)noc2C)n[nH]1. The molecule has 8 heteroatoms. The number of thioether (sulfide) groups is 1. The van der Waals surface area contributed by atoms with Gasteiger partial charge >= 0.3 is 0 Å². The van der Waals surface area contributed by atoms with Gasteiger partial charge in [-0.15, -0.1) is 11.8 Å². The van der Waals surface area contributed by atoms with Gasteiger partial charge in [-0.05, 0) is 38.1 Å². The number of carbonyl (C=O) groups is 1. The van der Waals surface area contributed by atoms with Gasteiger partial charge in [-0.2, -0.15) is 5.10 Å². The number of rotatable bonds is 7. The van der Waals surface area contributed by atoms with Gasteiger partial charge in [-0.3, -0.25) is 9.89 Å². The lowest BCUT2D eigenvalue weighted by molar-refractivity contribution is 0.102. The second kappa shape index (κ2) is 9.09. The van der Waals surface area contributed by atoms with Crippen molar-refractivity contribution in [2.75, 3.05) is 12.4 Å². The zero-order chi connectivity index (χ0) is 21.8. The highest BCUT2D eigenvalue weighted by atomic mass is 32.2. The first kappa shape index (κ1) is 20.7. The van der Waals surface area contributed by atoms with Gasteiger partial charge in [0.25, 0.3) is 5.91 Å². The molecule has 31 heavy (non-hydrogen) atoms. The van der Waals surface area contributed by atoms with Crippen LogP contribution in [0.2, 0.25) is 0 Å². The number of nitrogens with zero attached hydrogens (tertiary/aromatic N) is 2. The number of para-hydroxylation sites is 1. The first-order chi connectivity index (χ1) is 15.1. The number of ether oxygens (including phenoxy) is 1. The number of hydrogen-bond donors (Lipinski definition) is 2. The summed E-state index contributed by atoms with van der Waals surface area (Å²) < 4.78 is 10.6. The number of aromatic nitrogens is 3. The highest BCUT2D eigenvalue weighted by Crippen LogP contribution is 2.31. The molecule has 4 rings (SSSR count). The quantitative estimate of drug-likeness (QED) is 0.387. The molecule has 7 nitrogen and oxygen atoms in total. The van der Waals surface area contributed by atoms with E-state index in [1.807, 2.05) is 56.3 Å². The van der Waals surface area contributed by atoms with Crippen molar-refractivity contribution in [3.8, 4) is 17.0 Å². The first-order valence-corrected chi connectivity index (χ1v) is 10.7. The van der Waals surface area contributed by atoms with E-state index in [9.17, 15) is 4.79 Å². The van der Waals surface area contributed by atoms with Crippen LogP contribution in [0.25, 0.3) is 11.3 Å². The van der Waals surface area contributed by atoms with Crippen LogP contribution in [0.15, 0.2) is 64.0 Å². The molecule has 0 aliphatic carbocycles. The van der Waals surface area contributed by atoms with Crippen LogP contribution in [-0.4, -0.2) is 28.4 Å². The highest BCUT2D eigenvalue weighted by molar-refractivity contribution is 7.98. The third-order valence-corrected chi connectivity index (χ3v) is 6.00. The fourth-order valence-electron chi connectivity index (χ4n) is 3.21. The van der Waals surface area contributed by atoms with Crippen LogP contribution in [0.4, 0.5) is 5.82 Å². The molecule has 0 aliphatic heterocycles. The summed E-state index contributed by atoms with van der Waals surface area (Å²) in [6.07, 6.45) is 0.